The number of pyridine rings is 1. The quantitative estimate of drug-likeness (QED) is 0.362. The van der Waals surface area contributed by atoms with Crippen LogP contribution >= 0.6 is 0 Å². The summed E-state index contributed by atoms with van der Waals surface area (Å²) in [6.45, 7) is 0.879. The fourth-order valence-corrected chi connectivity index (χ4v) is 4.30. The first-order valence-electron chi connectivity index (χ1n) is 10.6. The Balaban J connectivity index is 1.51. The van der Waals surface area contributed by atoms with Crippen molar-refractivity contribution in [1.82, 2.24) is 4.98 Å². The molecule has 1 N–H and O–H groups in total. The number of benzene rings is 2. The zero-order valence-electron chi connectivity index (χ0n) is 17.8. The molecule has 0 saturated carbocycles. The molecule has 1 saturated heterocycles. The lowest BCUT2D eigenvalue weighted by atomic mass is 9.98. The van der Waals surface area contributed by atoms with Gasteiger partial charge in [0.1, 0.15) is 25.0 Å². The van der Waals surface area contributed by atoms with E-state index in [1.807, 2.05) is 0 Å². The Kier molecular flexibility index (Phi) is 4.61. The van der Waals surface area contributed by atoms with Crippen molar-refractivity contribution in [2.45, 2.75) is 6.04 Å². The molecule has 1 atom stereocenters. The van der Waals surface area contributed by atoms with E-state index in [0.29, 0.717) is 53.2 Å². The first-order valence-corrected chi connectivity index (χ1v) is 10.6. The number of nitrogens with zero attached hydrogens (tertiary/aromatic N) is 2. The molecule has 9 nitrogen and oxygen atoms in total. The van der Waals surface area contributed by atoms with Crippen LogP contribution in [0.15, 0.2) is 66.4 Å². The fraction of sp³-hybridized carbons (Fsp3) is 0.160. The van der Waals surface area contributed by atoms with E-state index in [4.69, 9.17) is 18.9 Å². The summed E-state index contributed by atoms with van der Waals surface area (Å²) in [5, 5.41) is 11.3. The van der Waals surface area contributed by atoms with Crippen molar-refractivity contribution in [2.75, 3.05) is 24.9 Å². The molecule has 3 aliphatic heterocycles. The number of aromatic nitrogens is 1. The van der Waals surface area contributed by atoms with Crippen molar-refractivity contribution < 1.29 is 33.6 Å². The van der Waals surface area contributed by atoms with Crippen LogP contribution in [0.2, 0.25) is 0 Å². The lowest BCUT2D eigenvalue weighted by Gasteiger charge is -2.25. The molecule has 3 aliphatic rings. The van der Waals surface area contributed by atoms with Crippen LogP contribution in [0.25, 0.3) is 5.76 Å². The van der Waals surface area contributed by atoms with Gasteiger partial charge in [0.2, 0.25) is 6.79 Å². The molecule has 1 aromatic heterocycles. The second-order valence-electron chi connectivity index (χ2n) is 7.82. The molecule has 4 heterocycles. The normalized spacial score (nSPS) is 20.0. The molecular formula is C25H18N2O7. The minimum absolute atomic E-state index is 0.0713. The van der Waals surface area contributed by atoms with Gasteiger partial charge in [0, 0.05) is 23.5 Å². The summed E-state index contributed by atoms with van der Waals surface area (Å²) < 4.78 is 22.0. The highest BCUT2D eigenvalue weighted by atomic mass is 16.7. The molecule has 1 unspecified atom stereocenters. The molecule has 0 spiro atoms. The van der Waals surface area contributed by atoms with E-state index in [9.17, 15) is 14.7 Å². The Bertz CT molecular complexity index is 1350. The topological polar surface area (TPSA) is 107 Å². The van der Waals surface area contributed by atoms with Crippen LogP contribution in [0.5, 0.6) is 23.0 Å². The molecule has 0 bridgehead atoms. The van der Waals surface area contributed by atoms with Gasteiger partial charge in [-0.3, -0.25) is 19.5 Å². The number of ketones is 1. The number of aliphatic hydroxyl groups excluding tert-OH is 1. The number of ether oxygens (including phenoxy) is 4. The minimum atomic E-state index is -0.949. The molecule has 3 aromatic rings. The van der Waals surface area contributed by atoms with Crippen LogP contribution in [-0.2, 0) is 9.59 Å². The maximum absolute atomic E-state index is 13.3. The summed E-state index contributed by atoms with van der Waals surface area (Å²) in [4.78, 5) is 32.2. The highest BCUT2D eigenvalue weighted by molar-refractivity contribution is 6.51. The van der Waals surface area contributed by atoms with Gasteiger partial charge in [-0.25, -0.2) is 0 Å². The van der Waals surface area contributed by atoms with Gasteiger partial charge >= 0.3 is 0 Å². The number of hydrogen-bond donors (Lipinski definition) is 1. The van der Waals surface area contributed by atoms with Gasteiger partial charge in [-0.15, -0.1) is 0 Å². The molecule has 2 aromatic carbocycles. The number of rotatable bonds is 3. The Morgan fingerprint density at radius 2 is 1.62 bits per heavy atom. The summed E-state index contributed by atoms with van der Waals surface area (Å²) >= 11 is 0. The van der Waals surface area contributed by atoms with Crippen LogP contribution < -0.4 is 23.8 Å². The van der Waals surface area contributed by atoms with E-state index in [1.165, 1.54) is 4.90 Å². The van der Waals surface area contributed by atoms with E-state index in [-0.39, 0.29) is 18.1 Å². The number of amides is 1. The van der Waals surface area contributed by atoms with Gasteiger partial charge in [-0.2, -0.15) is 0 Å². The molecule has 0 aliphatic carbocycles. The fourth-order valence-electron chi connectivity index (χ4n) is 4.30. The Hall–Kier alpha value is -4.53. The SMILES string of the molecule is O=C1C(=O)N(c2ccc3c(c2)OCO3)C(c2ccccn2)/C1=C(/O)c1ccc2c(c1)OCCO2. The molecule has 9 heteroatoms. The van der Waals surface area contributed by atoms with Crippen molar-refractivity contribution in [1.29, 1.82) is 0 Å². The Labute approximate surface area is 193 Å². The monoisotopic (exact) mass is 458 g/mol. The van der Waals surface area contributed by atoms with Crippen molar-refractivity contribution in [3.63, 3.8) is 0 Å². The predicted molar refractivity (Wildman–Crippen MR) is 119 cm³/mol. The van der Waals surface area contributed by atoms with E-state index in [2.05, 4.69) is 4.98 Å². The van der Waals surface area contributed by atoms with E-state index < -0.39 is 17.7 Å². The number of anilines is 1. The van der Waals surface area contributed by atoms with Gasteiger partial charge in [-0.1, -0.05) is 6.07 Å². The summed E-state index contributed by atoms with van der Waals surface area (Å²) in [6, 6.07) is 14.1. The zero-order chi connectivity index (χ0) is 23.2. The maximum atomic E-state index is 13.3. The van der Waals surface area contributed by atoms with Gasteiger partial charge in [0.15, 0.2) is 23.0 Å². The van der Waals surface area contributed by atoms with Crippen LogP contribution in [0.3, 0.4) is 0 Å². The zero-order valence-corrected chi connectivity index (χ0v) is 17.8. The smallest absolute Gasteiger partial charge is 0.300 e. The van der Waals surface area contributed by atoms with Crippen LogP contribution in [0.1, 0.15) is 17.3 Å². The van der Waals surface area contributed by atoms with Gasteiger partial charge in [0.05, 0.1) is 11.3 Å². The standard InChI is InChI=1S/C25H18N2O7/c28-23(14-4-6-17-19(11-14)32-10-9-31-17)21-22(16-3-1-2-8-26-16)27(25(30)24(21)29)15-5-7-18-20(12-15)34-13-33-18/h1-8,11-12,22,28H,9-10,13H2/b23-21-. The number of fused-ring (bicyclic) bond motifs is 2. The average Bonchev–Trinajstić information content (AvgIpc) is 3.45. The second kappa shape index (κ2) is 7.80. The van der Waals surface area contributed by atoms with Gasteiger partial charge in [0.25, 0.3) is 11.7 Å². The number of Topliss-reactive ketones (excluding diaryl/α,β-unsaturated/α-hetero) is 1. The Morgan fingerprint density at radius 1 is 0.882 bits per heavy atom. The third-order valence-electron chi connectivity index (χ3n) is 5.86. The molecule has 0 radical (unpaired) electrons. The lowest BCUT2D eigenvalue weighted by Crippen LogP contribution is -2.29. The van der Waals surface area contributed by atoms with E-state index >= 15 is 0 Å². The summed E-state index contributed by atoms with van der Waals surface area (Å²) in [7, 11) is 0. The maximum Gasteiger partial charge on any atom is 0.300 e. The highest BCUT2D eigenvalue weighted by Gasteiger charge is 2.48. The van der Waals surface area contributed by atoms with Crippen LogP contribution in [-0.4, -0.2) is 41.8 Å². The van der Waals surface area contributed by atoms with E-state index in [1.54, 1.807) is 60.8 Å². The molecule has 1 amide bonds. The third kappa shape index (κ3) is 3.13. The third-order valence-corrected chi connectivity index (χ3v) is 5.86. The number of carbonyl (C=O) groups is 2. The average molecular weight is 458 g/mol. The van der Waals surface area contributed by atoms with Crippen LogP contribution in [0.4, 0.5) is 5.69 Å². The first kappa shape index (κ1) is 20.1. The Morgan fingerprint density at radius 3 is 2.44 bits per heavy atom. The summed E-state index contributed by atoms with van der Waals surface area (Å²) in [6.07, 6.45) is 1.57. The number of carbonyl (C=O) groups excluding carboxylic acids is 2. The summed E-state index contributed by atoms with van der Waals surface area (Å²) in [5.74, 6) is 0.0834. The van der Waals surface area contributed by atoms with Crippen molar-refractivity contribution in [2.24, 2.45) is 0 Å². The predicted octanol–water partition coefficient (Wildman–Crippen LogP) is 3.21. The molecule has 34 heavy (non-hydrogen) atoms. The van der Waals surface area contributed by atoms with Gasteiger partial charge < -0.3 is 24.1 Å². The minimum Gasteiger partial charge on any atom is -0.507 e. The number of aliphatic hydroxyl groups is 1. The largest absolute Gasteiger partial charge is 0.507 e. The molecule has 6 rings (SSSR count). The van der Waals surface area contributed by atoms with Crippen molar-refractivity contribution >= 4 is 23.1 Å². The first-order chi connectivity index (χ1) is 16.6. The summed E-state index contributed by atoms with van der Waals surface area (Å²) in [5.41, 5.74) is 1.11. The van der Waals surface area contributed by atoms with Crippen molar-refractivity contribution in [3.8, 4) is 23.0 Å². The van der Waals surface area contributed by atoms with E-state index in [0.717, 1.165) is 0 Å². The van der Waals surface area contributed by atoms with Gasteiger partial charge in [-0.05, 0) is 42.5 Å². The lowest BCUT2D eigenvalue weighted by molar-refractivity contribution is -0.132. The molecular weight excluding hydrogens is 440 g/mol. The van der Waals surface area contributed by atoms with Crippen LogP contribution in [0, 0.1) is 0 Å². The molecule has 170 valence electrons. The highest BCUT2D eigenvalue weighted by Crippen LogP contribution is 2.45. The number of hydrogen-bond acceptors (Lipinski definition) is 8. The molecule has 1 fully saturated rings. The van der Waals surface area contributed by atoms with Crippen molar-refractivity contribution in [3.05, 3.63) is 77.6 Å². The second-order valence-corrected chi connectivity index (χ2v) is 7.82.